The van der Waals surface area contributed by atoms with Gasteiger partial charge in [-0.05, 0) is 73.7 Å². The van der Waals surface area contributed by atoms with Crippen LogP contribution in [0.4, 0.5) is 35.1 Å². The van der Waals surface area contributed by atoms with E-state index in [2.05, 4.69) is 19.7 Å². The normalized spacial score (nSPS) is 11.8. The third-order valence-corrected chi connectivity index (χ3v) is 8.75. The molecular formula is C36H10F8N6. The summed E-state index contributed by atoms with van der Waals surface area (Å²) >= 11 is 0. The lowest BCUT2D eigenvalue weighted by Gasteiger charge is -2.14. The Balaban J connectivity index is 1.67. The zero-order valence-electron chi connectivity index (χ0n) is 24.6. The molecule has 2 aliphatic rings. The van der Waals surface area contributed by atoms with Gasteiger partial charge in [0.25, 0.3) is 35.2 Å². The van der Waals surface area contributed by atoms with Crippen molar-refractivity contribution in [3.8, 4) is 56.6 Å². The Bertz CT molecular complexity index is 2510. The summed E-state index contributed by atoms with van der Waals surface area (Å²) in [6.07, 6.45) is -0.656. The maximum absolute atomic E-state index is 15.1. The van der Waals surface area contributed by atoms with Gasteiger partial charge in [0.2, 0.25) is 0 Å². The number of hydrogen-bond donors (Lipinski definition) is 0. The minimum atomic E-state index is -1.91. The van der Waals surface area contributed by atoms with Gasteiger partial charge in [0.1, 0.15) is 0 Å². The van der Waals surface area contributed by atoms with E-state index >= 15 is 17.6 Å². The molecule has 0 radical (unpaired) electrons. The molecule has 0 spiro atoms. The smallest absolute Gasteiger partial charge is 0.226 e. The lowest BCUT2D eigenvalue weighted by atomic mass is 9.90. The quantitative estimate of drug-likeness (QED) is 0.110. The number of nitriles is 2. The highest BCUT2D eigenvalue weighted by Gasteiger charge is 2.36. The average Bonchev–Trinajstić information content (AvgIpc) is 3.68. The molecule has 6 nitrogen and oxygen atoms in total. The number of nitrogens with zero attached hydrogens (tertiary/aromatic N) is 6. The Kier molecular flexibility index (Phi) is 7.20. The highest BCUT2D eigenvalue weighted by atomic mass is 19.2. The SMILES string of the molecule is [C-]#[N+]C(C#N)=c1c2c(c(=C(C#N)[N+]#[C-])c3c1Cc1c(-c4c(F)c(F)nc(F)c4F)cccc1-3)-c1cccc(-c3c(F)c(F)nc(F)c3F)c1C2. The van der Waals surface area contributed by atoms with E-state index in [0.717, 1.165) is 0 Å². The van der Waals surface area contributed by atoms with Crippen molar-refractivity contribution in [2.45, 2.75) is 12.8 Å². The van der Waals surface area contributed by atoms with Crippen molar-refractivity contribution in [1.29, 1.82) is 10.5 Å². The van der Waals surface area contributed by atoms with Crippen LogP contribution in [0.5, 0.6) is 0 Å². The summed E-state index contributed by atoms with van der Waals surface area (Å²) in [6.45, 7) is 15.6. The van der Waals surface area contributed by atoms with E-state index in [-0.39, 0.29) is 78.9 Å². The Morgan fingerprint density at radius 2 is 0.840 bits per heavy atom. The lowest BCUT2D eigenvalue weighted by Crippen LogP contribution is -2.25. The maximum Gasteiger partial charge on any atom is 0.270 e. The van der Waals surface area contributed by atoms with Crippen molar-refractivity contribution >= 4 is 11.4 Å². The molecule has 0 bridgehead atoms. The number of fused-ring (bicyclic) bond motifs is 6. The Labute approximate surface area is 275 Å². The van der Waals surface area contributed by atoms with Gasteiger partial charge in [0.05, 0.1) is 36.4 Å². The maximum atomic E-state index is 15.1. The summed E-state index contributed by atoms with van der Waals surface area (Å²) in [5.41, 5.74) is -3.02. The minimum absolute atomic E-state index is 0.0381. The van der Waals surface area contributed by atoms with Crippen LogP contribution in [0.15, 0.2) is 36.4 Å². The van der Waals surface area contributed by atoms with E-state index in [1.54, 1.807) is 12.1 Å². The monoisotopic (exact) mass is 678 g/mol. The molecule has 0 fully saturated rings. The topological polar surface area (TPSA) is 82.1 Å². The summed E-state index contributed by atoms with van der Waals surface area (Å²) in [5, 5.41) is 20.1. The summed E-state index contributed by atoms with van der Waals surface area (Å²) in [6, 6.07) is 11.4. The van der Waals surface area contributed by atoms with Gasteiger partial charge in [-0.1, -0.05) is 36.4 Å². The molecule has 2 aliphatic carbocycles. The molecule has 0 atom stereocenters. The van der Waals surface area contributed by atoms with Gasteiger partial charge in [0.15, 0.2) is 23.3 Å². The number of rotatable bonds is 2. The third kappa shape index (κ3) is 4.22. The fourth-order valence-electron chi connectivity index (χ4n) is 6.90. The zero-order chi connectivity index (χ0) is 35.8. The highest BCUT2D eigenvalue weighted by Crippen LogP contribution is 2.46. The molecular weight excluding hydrogens is 668 g/mol. The van der Waals surface area contributed by atoms with Crippen LogP contribution in [-0.2, 0) is 12.8 Å². The lowest BCUT2D eigenvalue weighted by molar-refractivity contribution is 0.410. The molecule has 0 saturated heterocycles. The molecule has 0 N–H and O–H groups in total. The van der Waals surface area contributed by atoms with Gasteiger partial charge >= 0.3 is 0 Å². The van der Waals surface area contributed by atoms with E-state index in [0.29, 0.717) is 0 Å². The molecule has 3 aromatic carbocycles. The summed E-state index contributed by atoms with van der Waals surface area (Å²) in [5.74, 6) is -14.8. The molecule has 0 aliphatic heterocycles. The molecule has 5 aromatic rings. The zero-order valence-corrected chi connectivity index (χ0v) is 24.6. The van der Waals surface area contributed by atoms with Crippen molar-refractivity contribution in [2.24, 2.45) is 0 Å². The number of aromatic nitrogens is 2. The molecule has 2 heterocycles. The molecule has 0 unspecified atom stereocenters. The van der Waals surface area contributed by atoms with Gasteiger partial charge in [-0.2, -0.15) is 27.5 Å². The first-order valence-electron chi connectivity index (χ1n) is 14.2. The first-order chi connectivity index (χ1) is 24.0. The molecule has 0 saturated carbocycles. The first kappa shape index (κ1) is 31.7. The van der Waals surface area contributed by atoms with Crippen molar-refractivity contribution in [2.75, 3.05) is 0 Å². The van der Waals surface area contributed by atoms with Crippen molar-refractivity contribution < 1.29 is 35.1 Å². The van der Waals surface area contributed by atoms with Crippen LogP contribution in [0.3, 0.4) is 0 Å². The fraction of sp³-hybridized carbons (Fsp3) is 0.0556. The number of hydrogen-bond acceptors (Lipinski definition) is 4. The van der Waals surface area contributed by atoms with Crippen LogP contribution < -0.4 is 10.4 Å². The van der Waals surface area contributed by atoms with E-state index in [9.17, 15) is 28.1 Å². The average molecular weight is 679 g/mol. The van der Waals surface area contributed by atoms with Crippen LogP contribution >= 0.6 is 0 Å². The van der Waals surface area contributed by atoms with E-state index in [1.807, 2.05) is 0 Å². The van der Waals surface area contributed by atoms with Gasteiger partial charge < -0.3 is 0 Å². The number of halogens is 8. The second-order valence-electron chi connectivity index (χ2n) is 11.0. The highest BCUT2D eigenvalue weighted by molar-refractivity contribution is 5.96. The first-order valence-corrected chi connectivity index (χ1v) is 14.2. The number of pyridine rings is 2. The van der Waals surface area contributed by atoms with E-state index < -0.39 is 69.6 Å². The van der Waals surface area contributed by atoms with Crippen molar-refractivity contribution in [3.05, 3.63) is 139 Å². The summed E-state index contributed by atoms with van der Waals surface area (Å²) < 4.78 is 117. The largest absolute Gasteiger partial charge is 0.270 e. The van der Waals surface area contributed by atoms with Crippen LogP contribution in [-0.4, -0.2) is 9.97 Å². The third-order valence-electron chi connectivity index (χ3n) is 8.75. The molecule has 2 aromatic heterocycles. The Hall–Kier alpha value is -6.90. The second kappa shape index (κ2) is 11.4. The fourth-order valence-corrected chi connectivity index (χ4v) is 6.90. The summed E-state index contributed by atoms with van der Waals surface area (Å²) in [7, 11) is 0. The van der Waals surface area contributed by atoms with Crippen molar-refractivity contribution in [3.63, 3.8) is 0 Å². The van der Waals surface area contributed by atoms with Crippen LogP contribution in [0.2, 0.25) is 0 Å². The Morgan fingerprint density at radius 3 is 1.16 bits per heavy atom. The van der Waals surface area contributed by atoms with Gasteiger partial charge in [-0.15, -0.1) is 0 Å². The van der Waals surface area contributed by atoms with Crippen LogP contribution in [0.1, 0.15) is 22.3 Å². The number of benzene rings is 3. The molecule has 0 amide bonds. The predicted octanol–water partition coefficient (Wildman–Crippen LogP) is 7.17. The predicted molar refractivity (Wildman–Crippen MR) is 160 cm³/mol. The molecule has 240 valence electrons. The van der Waals surface area contributed by atoms with Crippen molar-refractivity contribution in [1.82, 2.24) is 9.97 Å². The minimum Gasteiger partial charge on any atom is -0.226 e. The van der Waals surface area contributed by atoms with Gasteiger partial charge in [-0.3, -0.25) is 0 Å². The van der Waals surface area contributed by atoms with E-state index in [4.69, 9.17) is 13.1 Å². The Morgan fingerprint density at radius 1 is 0.520 bits per heavy atom. The summed E-state index contributed by atoms with van der Waals surface area (Å²) in [4.78, 5) is 11.9. The van der Waals surface area contributed by atoms with Gasteiger partial charge in [-0.25, -0.2) is 37.8 Å². The molecule has 50 heavy (non-hydrogen) atoms. The van der Waals surface area contributed by atoms with Crippen LogP contribution in [0, 0.1) is 82.9 Å². The van der Waals surface area contributed by atoms with E-state index in [1.165, 1.54) is 36.4 Å². The molecule has 7 rings (SSSR count). The standard InChI is InChI=1S/C36H10F8N6/c1-47-21(11-45)23-19-9-17-13(5-3-7-15(17)26-29(37)33(41)49-34(42)30(26)38)24(19)28(22(12-46)48-2)25-14-6-4-8-16(18(14)10-20(23)25)27-31(39)35(43)50-36(44)32(27)40/h3-8H,9-10H2. The second-order valence-corrected chi connectivity index (χ2v) is 11.0. The molecule has 14 heteroatoms. The van der Waals surface area contributed by atoms with Crippen LogP contribution in [0.25, 0.3) is 65.6 Å². The van der Waals surface area contributed by atoms with Gasteiger partial charge in [0, 0.05) is 5.22 Å².